The molecular weight excluding hydrogens is 462 g/mol. The molecule has 1 aromatic heterocycles. The number of hydrogen-bond donors (Lipinski definition) is 2. The highest BCUT2D eigenvalue weighted by Crippen LogP contribution is 2.23. The fourth-order valence-corrected chi connectivity index (χ4v) is 4.59. The number of aromatic nitrogens is 1. The molecule has 3 rings (SSSR count). The number of hydrogen-bond acceptors (Lipinski definition) is 8. The van der Waals surface area contributed by atoms with E-state index in [1.54, 1.807) is 12.1 Å². The summed E-state index contributed by atoms with van der Waals surface area (Å²) in [7, 11) is -2.97. The summed E-state index contributed by atoms with van der Waals surface area (Å²) in [4.78, 5) is 39.3. The molecular formula is C23H27N3O7S. The second-order valence-electron chi connectivity index (χ2n) is 7.90. The zero-order chi connectivity index (χ0) is 24.6. The summed E-state index contributed by atoms with van der Waals surface area (Å²) in [5.74, 6) is -0.805. The van der Waals surface area contributed by atoms with Gasteiger partial charge < -0.3 is 14.8 Å². The molecule has 0 bridgehead atoms. The van der Waals surface area contributed by atoms with Gasteiger partial charge in [0.25, 0.3) is 15.9 Å². The molecule has 0 atom stereocenters. The number of benzene rings is 1. The van der Waals surface area contributed by atoms with Crippen molar-refractivity contribution in [2.45, 2.75) is 43.4 Å². The number of carbonyl (C=O) groups is 3. The summed E-state index contributed by atoms with van der Waals surface area (Å²) in [6, 6.07) is 8.60. The molecule has 34 heavy (non-hydrogen) atoms. The minimum absolute atomic E-state index is 0.0360. The third-order valence-corrected chi connectivity index (χ3v) is 6.85. The Labute approximate surface area is 198 Å². The van der Waals surface area contributed by atoms with Crippen LogP contribution < -0.4 is 14.8 Å². The Morgan fingerprint density at radius 2 is 1.74 bits per heavy atom. The Hall–Kier alpha value is -3.47. The van der Waals surface area contributed by atoms with Crippen LogP contribution in [-0.2, 0) is 26.0 Å². The van der Waals surface area contributed by atoms with Gasteiger partial charge in [0, 0.05) is 24.7 Å². The normalized spacial score (nSPS) is 14.1. The minimum atomic E-state index is -4.11. The highest BCUT2D eigenvalue weighted by Gasteiger charge is 2.21. The van der Waals surface area contributed by atoms with Crippen molar-refractivity contribution >= 4 is 28.0 Å². The van der Waals surface area contributed by atoms with Gasteiger partial charge in [0.2, 0.25) is 11.8 Å². The predicted octanol–water partition coefficient (Wildman–Crippen LogP) is 2.58. The first kappa shape index (κ1) is 25.2. The van der Waals surface area contributed by atoms with Crippen molar-refractivity contribution in [3.8, 4) is 5.88 Å². The van der Waals surface area contributed by atoms with Crippen molar-refractivity contribution in [2.75, 3.05) is 13.7 Å². The van der Waals surface area contributed by atoms with E-state index in [9.17, 15) is 22.8 Å². The molecule has 2 aromatic rings. The van der Waals surface area contributed by atoms with Crippen molar-refractivity contribution in [1.29, 1.82) is 0 Å². The summed E-state index contributed by atoms with van der Waals surface area (Å²) >= 11 is 0. The topological polar surface area (TPSA) is 141 Å². The number of pyridine rings is 1. The largest absolute Gasteiger partial charge is 0.514 e. The van der Waals surface area contributed by atoms with Gasteiger partial charge in [-0.15, -0.1) is 0 Å². The first-order valence-corrected chi connectivity index (χ1v) is 12.4. The van der Waals surface area contributed by atoms with E-state index in [-0.39, 0.29) is 28.2 Å². The van der Waals surface area contributed by atoms with Gasteiger partial charge in [-0.1, -0.05) is 31.4 Å². The zero-order valence-corrected chi connectivity index (χ0v) is 19.6. The van der Waals surface area contributed by atoms with Crippen molar-refractivity contribution in [1.82, 2.24) is 15.0 Å². The molecule has 1 aliphatic carbocycles. The maximum absolute atomic E-state index is 12.6. The lowest BCUT2D eigenvalue weighted by Gasteiger charge is -2.20. The summed E-state index contributed by atoms with van der Waals surface area (Å²) in [6.07, 6.45) is 5.92. The molecule has 1 saturated carbocycles. The number of ether oxygens (including phenoxy) is 2. The lowest BCUT2D eigenvalue weighted by molar-refractivity contribution is -0.125. The molecule has 10 nitrogen and oxygen atoms in total. The molecule has 11 heteroatoms. The van der Waals surface area contributed by atoms with Gasteiger partial charge in [0.05, 0.1) is 17.6 Å². The van der Waals surface area contributed by atoms with E-state index >= 15 is 0 Å². The summed E-state index contributed by atoms with van der Waals surface area (Å²) in [5, 5.41) is 2.95. The van der Waals surface area contributed by atoms with Crippen LogP contribution in [0.3, 0.4) is 0 Å². The Bertz CT molecular complexity index is 1110. The maximum atomic E-state index is 12.6. The number of nitrogens with one attached hydrogen (secondary N) is 2. The molecule has 182 valence electrons. The molecule has 1 aromatic carbocycles. The number of carbonyl (C=O) groups excluding carboxylic acids is 3. The van der Waals surface area contributed by atoms with E-state index in [0.29, 0.717) is 13.0 Å². The predicted molar refractivity (Wildman–Crippen MR) is 122 cm³/mol. The summed E-state index contributed by atoms with van der Waals surface area (Å²) in [6.45, 7) is 0.473. The number of methoxy groups -OCH3 is 1. The number of amides is 2. The van der Waals surface area contributed by atoms with E-state index in [2.05, 4.69) is 15.0 Å². The van der Waals surface area contributed by atoms with Gasteiger partial charge in [-0.25, -0.2) is 22.9 Å². The molecule has 0 radical (unpaired) electrons. The van der Waals surface area contributed by atoms with Crippen molar-refractivity contribution in [2.24, 2.45) is 5.92 Å². The molecule has 2 N–H and O–H groups in total. The van der Waals surface area contributed by atoms with Gasteiger partial charge >= 0.3 is 6.16 Å². The molecule has 0 aliphatic heterocycles. The van der Waals surface area contributed by atoms with Crippen LogP contribution in [0.15, 0.2) is 47.5 Å². The average Bonchev–Trinajstić information content (AvgIpc) is 2.85. The second-order valence-corrected chi connectivity index (χ2v) is 9.58. The van der Waals surface area contributed by atoms with Gasteiger partial charge in [-0.3, -0.25) is 9.59 Å². The molecule has 0 saturated heterocycles. The minimum Gasteiger partial charge on any atom is -0.437 e. The number of nitrogens with zero attached hydrogens (tertiary/aromatic N) is 1. The first-order chi connectivity index (χ1) is 16.3. The van der Waals surface area contributed by atoms with Gasteiger partial charge in [-0.05, 0) is 43.0 Å². The van der Waals surface area contributed by atoms with Crippen LogP contribution in [0.4, 0.5) is 4.79 Å². The molecule has 1 fully saturated rings. The van der Waals surface area contributed by atoms with E-state index < -0.39 is 22.1 Å². The lowest BCUT2D eigenvalue weighted by atomic mass is 9.88. The number of rotatable bonds is 8. The SMILES string of the molecule is COC(=O)Oc1ccc(C(=O)NS(=O)(=O)c2ccc(CCNC(=O)C3CCCCC3)cc2)cn1. The monoisotopic (exact) mass is 489 g/mol. The summed E-state index contributed by atoms with van der Waals surface area (Å²) in [5.41, 5.74) is 0.825. The third kappa shape index (κ3) is 7.01. The molecule has 2 amide bonds. The van der Waals surface area contributed by atoms with Crippen LogP contribution in [0.1, 0.15) is 48.0 Å². The van der Waals surface area contributed by atoms with E-state index in [4.69, 9.17) is 4.74 Å². The van der Waals surface area contributed by atoms with E-state index in [1.807, 2.05) is 4.72 Å². The van der Waals surface area contributed by atoms with Gasteiger partial charge in [0.1, 0.15) is 0 Å². The standard InChI is InChI=1S/C23H27N3O7S/c1-32-23(29)33-20-12-9-18(15-25-20)22(28)26-34(30,31)19-10-7-16(8-11-19)13-14-24-21(27)17-5-3-2-4-6-17/h7-12,15,17H,2-6,13-14H2,1H3,(H,24,27)(H,26,28). The quantitative estimate of drug-likeness (QED) is 0.539. The van der Waals surface area contributed by atoms with Crippen LogP contribution in [-0.4, -0.2) is 45.0 Å². The highest BCUT2D eigenvalue weighted by molar-refractivity contribution is 7.90. The van der Waals surface area contributed by atoms with Crippen LogP contribution in [0.25, 0.3) is 0 Å². The first-order valence-electron chi connectivity index (χ1n) is 10.9. The summed E-state index contributed by atoms with van der Waals surface area (Å²) < 4.78 is 36.1. The van der Waals surface area contributed by atoms with Crippen LogP contribution in [0, 0.1) is 5.92 Å². The third-order valence-electron chi connectivity index (χ3n) is 5.50. The van der Waals surface area contributed by atoms with Gasteiger partial charge in [-0.2, -0.15) is 0 Å². The van der Waals surface area contributed by atoms with Crippen LogP contribution in [0.5, 0.6) is 5.88 Å². The maximum Gasteiger partial charge on any atom is 0.514 e. The van der Waals surface area contributed by atoms with Gasteiger partial charge in [0.15, 0.2) is 0 Å². The molecule has 0 unspecified atom stereocenters. The van der Waals surface area contributed by atoms with Crippen LogP contribution in [0.2, 0.25) is 0 Å². The highest BCUT2D eigenvalue weighted by atomic mass is 32.2. The lowest BCUT2D eigenvalue weighted by Crippen LogP contribution is -2.33. The molecule has 1 heterocycles. The zero-order valence-electron chi connectivity index (χ0n) is 18.8. The Morgan fingerprint density at radius 3 is 2.35 bits per heavy atom. The van der Waals surface area contributed by atoms with Crippen molar-refractivity contribution in [3.05, 3.63) is 53.7 Å². The molecule has 0 spiro atoms. The smallest absolute Gasteiger partial charge is 0.437 e. The fraction of sp³-hybridized carbons (Fsp3) is 0.391. The van der Waals surface area contributed by atoms with Crippen LogP contribution >= 0.6 is 0 Å². The Morgan fingerprint density at radius 1 is 1.03 bits per heavy atom. The molecule has 1 aliphatic rings. The second kappa shape index (κ2) is 11.6. The Balaban J connectivity index is 1.52. The average molecular weight is 490 g/mol. The Kier molecular flexibility index (Phi) is 8.58. The number of sulfonamides is 1. The van der Waals surface area contributed by atoms with Crippen molar-refractivity contribution in [3.63, 3.8) is 0 Å². The fourth-order valence-electron chi connectivity index (χ4n) is 3.62. The van der Waals surface area contributed by atoms with Crippen molar-refractivity contribution < 1.29 is 32.3 Å². The van der Waals surface area contributed by atoms with E-state index in [0.717, 1.165) is 44.6 Å². The van der Waals surface area contributed by atoms with E-state index in [1.165, 1.54) is 30.7 Å².